The molecule has 4 nitrogen and oxygen atoms in total. The van der Waals surface area contributed by atoms with Gasteiger partial charge in [0, 0.05) is 53.1 Å². The summed E-state index contributed by atoms with van der Waals surface area (Å²) in [6.45, 7) is 13.9. The molecule has 0 unspecified atom stereocenters. The highest BCUT2D eigenvalue weighted by atomic mass is 32.1. The van der Waals surface area contributed by atoms with Crippen LogP contribution in [0.3, 0.4) is 0 Å². The fourth-order valence-corrected chi connectivity index (χ4v) is 8.94. The number of anilines is 1. The van der Waals surface area contributed by atoms with Crippen LogP contribution in [0.5, 0.6) is 0 Å². The lowest BCUT2D eigenvalue weighted by molar-refractivity contribution is 0.525. The molecular formula is C50H41N3OS. The molecule has 0 aliphatic rings. The molecule has 6 aromatic carbocycles. The number of rotatable bonds is 7. The summed E-state index contributed by atoms with van der Waals surface area (Å²) in [6.07, 6.45) is 11.7. The molecule has 55 heavy (non-hydrogen) atoms. The average Bonchev–Trinajstić information content (AvgIpc) is 3.86. The number of nitrogens with one attached hydrogen (secondary N) is 1. The fourth-order valence-electron chi connectivity index (χ4n) is 7.69. The summed E-state index contributed by atoms with van der Waals surface area (Å²) in [6, 6.07) is 40.5. The highest BCUT2D eigenvalue weighted by Crippen LogP contribution is 2.48. The van der Waals surface area contributed by atoms with Gasteiger partial charge >= 0.3 is 0 Å². The quantitative estimate of drug-likeness (QED) is 0.127. The number of thiophene rings is 1. The number of nitrogens with two attached hydrogens (primary N) is 1. The smallest absolute Gasteiger partial charge is 0.176 e. The van der Waals surface area contributed by atoms with E-state index in [1.807, 2.05) is 60.7 Å². The highest BCUT2D eigenvalue weighted by molar-refractivity contribution is 7.26. The predicted molar refractivity (Wildman–Crippen MR) is 240 cm³/mol. The molecule has 268 valence electrons. The minimum Gasteiger partial charge on any atom is -0.457 e. The zero-order valence-corrected chi connectivity index (χ0v) is 32.0. The lowest BCUT2D eigenvalue weighted by atomic mass is 9.91. The van der Waals surface area contributed by atoms with Crippen molar-refractivity contribution in [1.29, 1.82) is 5.41 Å². The van der Waals surface area contributed by atoms with Crippen LogP contribution in [-0.2, 0) is 0 Å². The Balaban J connectivity index is 0.000000191. The second kappa shape index (κ2) is 14.6. The maximum atomic E-state index is 8.18. The molecule has 3 heterocycles. The van der Waals surface area contributed by atoms with E-state index in [0.717, 1.165) is 11.1 Å². The summed E-state index contributed by atoms with van der Waals surface area (Å²) in [5.41, 5.74) is 15.8. The molecule has 0 spiro atoms. The third kappa shape index (κ3) is 5.99. The van der Waals surface area contributed by atoms with Crippen LogP contribution < -0.4 is 5.73 Å². The summed E-state index contributed by atoms with van der Waals surface area (Å²) in [7, 11) is 0. The molecule has 9 rings (SSSR count). The molecule has 0 amide bonds. The summed E-state index contributed by atoms with van der Waals surface area (Å²) in [5, 5.41) is 16.0. The number of aromatic nitrogens is 1. The molecule has 0 aliphatic carbocycles. The van der Waals surface area contributed by atoms with E-state index in [1.54, 1.807) is 12.2 Å². The van der Waals surface area contributed by atoms with Crippen LogP contribution in [0, 0.1) is 19.3 Å². The fraction of sp³-hybridized carbons (Fsp3) is 0.0600. The van der Waals surface area contributed by atoms with Gasteiger partial charge in [-0.3, -0.25) is 5.41 Å². The van der Waals surface area contributed by atoms with Gasteiger partial charge in [-0.25, -0.2) is 0 Å². The van der Waals surface area contributed by atoms with E-state index in [2.05, 4.69) is 129 Å². The number of benzene rings is 6. The highest BCUT2D eigenvalue weighted by Gasteiger charge is 2.22. The summed E-state index contributed by atoms with van der Waals surface area (Å²) in [4.78, 5) is 0. The van der Waals surface area contributed by atoms with E-state index in [4.69, 9.17) is 15.6 Å². The average molecular weight is 732 g/mol. The molecule has 3 N–H and O–H groups in total. The van der Waals surface area contributed by atoms with Crippen molar-refractivity contribution < 1.29 is 4.42 Å². The van der Waals surface area contributed by atoms with Gasteiger partial charge in [0.2, 0.25) is 0 Å². The first-order valence-electron chi connectivity index (χ1n) is 18.3. The molecule has 0 saturated heterocycles. The third-order valence-corrected chi connectivity index (χ3v) is 11.4. The molecule has 0 radical (unpaired) electrons. The van der Waals surface area contributed by atoms with Crippen LogP contribution in [0.4, 0.5) is 5.69 Å². The van der Waals surface area contributed by atoms with Crippen molar-refractivity contribution in [2.45, 2.75) is 20.8 Å². The molecule has 3 aromatic heterocycles. The van der Waals surface area contributed by atoms with Gasteiger partial charge < -0.3 is 14.7 Å². The van der Waals surface area contributed by atoms with Gasteiger partial charge in [-0.2, -0.15) is 0 Å². The van der Waals surface area contributed by atoms with Crippen molar-refractivity contribution in [2.75, 3.05) is 5.73 Å². The van der Waals surface area contributed by atoms with Gasteiger partial charge in [-0.05, 0) is 73.7 Å². The summed E-state index contributed by atoms with van der Waals surface area (Å²) < 4.78 is 10.7. The SMILES string of the molecule is C=C/C=C\c1c(C)oc(C(=N)c2ccccc2)c1N.C=Cc1c(/C=C\C)c2sc3ccccc3c2c2c1ccc1c2c2ccccc2n1-c1ccc(C)cc1. The maximum Gasteiger partial charge on any atom is 0.176 e. The molecule has 0 saturated carbocycles. The molecule has 0 aliphatic heterocycles. The number of hydrogen-bond donors (Lipinski definition) is 2. The molecule has 0 atom stereocenters. The Kier molecular flexibility index (Phi) is 9.39. The normalized spacial score (nSPS) is 11.7. The van der Waals surface area contributed by atoms with Gasteiger partial charge in [0.05, 0.1) is 16.7 Å². The number of furan rings is 1. The van der Waals surface area contributed by atoms with Gasteiger partial charge in [0.15, 0.2) is 5.76 Å². The molecule has 0 bridgehead atoms. The summed E-state index contributed by atoms with van der Waals surface area (Å²) in [5.74, 6) is 1.11. The zero-order chi connectivity index (χ0) is 38.2. The molecule has 0 fully saturated rings. The number of nitrogens with zero attached hydrogens (tertiary/aromatic N) is 1. The number of fused-ring (bicyclic) bond motifs is 9. The number of aryl methyl sites for hydroxylation is 2. The first-order chi connectivity index (χ1) is 26.9. The third-order valence-electron chi connectivity index (χ3n) is 10.2. The zero-order valence-electron chi connectivity index (χ0n) is 31.2. The van der Waals surface area contributed by atoms with Crippen molar-refractivity contribution in [2.24, 2.45) is 0 Å². The van der Waals surface area contributed by atoms with E-state index in [9.17, 15) is 0 Å². The molecule has 5 heteroatoms. The van der Waals surface area contributed by atoms with E-state index < -0.39 is 0 Å². The minimum atomic E-state index is 0.291. The topological polar surface area (TPSA) is 67.9 Å². The number of para-hydroxylation sites is 1. The second-order valence-corrected chi connectivity index (χ2v) is 14.6. The number of hydrogen-bond acceptors (Lipinski definition) is 4. The standard InChI is InChI=1S/C34H25NS.C16H16N2O/c1-4-10-25-23(5-2)24-19-20-29-31(32(24)33-27-12-7-9-14-30(27)36-34(25)33)26-11-6-8-13-28(26)35(29)22-17-15-21(3)16-18-22;1-3-4-10-13-11(2)19-16(15(13)18)14(17)12-8-6-5-7-9-12/h4-20H,2H2,1,3H3;3-10,17H,1,18H2,2H3/b10-4-;10-4-,17-14?. The van der Waals surface area contributed by atoms with Crippen LogP contribution in [-0.4, -0.2) is 10.3 Å². The number of nitrogen functional groups attached to an aromatic ring is 1. The Bertz CT molecular complexity index is 3010. The number of allylic oxidation sites excluding steroid dienone is 3. The maximum absolute atomic E-state index is 8.18. The molecular weight excluding hydrogens is 691 g/mol. The van der Waals surface area contributed by atoms with Crippen LogP contribution in [0.1, 0.15) is 46.3 Å². The van der Waals surface area contributed by atoms with Crippen molar-refractivity contribution >= 4 is 93.7 Å². The van der Waals surface area contributed by atoms with E-state index in [1.165, 1.54) is 75.1 Å². The van der Waals surface area contributed by atoms with E-state index in [0.29, 0.717) is 22.9 Å². The first-order valence-corrected chi connectivity index (χ1v) is 19.1. The van der Waals surface area contributed by atoms with Crippen LogP contribution >= 0.6 is 11.3 Å². The van der Waals surface area contributed by atoms with Crippen molar-refractivity contribution in [3.8, 4) is 5.69 Å². The Labute approximate surface area is 325 Å². The van der Waals surface area contributed by atoms with Gasteiger partial charge in [0.1, 0.15) is 11.5 Å². The van der Waals surface area contributed by atoms with Gasteiger partial charge in [-0.15, -0.1) is 11.3 Å². The van der Waals surface area contributed by atoms with Crippen LogP contribution in [0.2, 0.25) is 0 Å². The van der Waals surface area contributed by atoms with E-state index in [-0.39, 0.29) is 0 Å². The summed E-state index contributed by atoms with van der Waals surface area (Å²) >= 11 is 1.89. The minimum absolute atomic E-state index is 0.291. The first kappa shape index (κ1) is 35.3. The van der Waals surface area contributed by atoms with Gasteiger partial charge in [0.25, 0.3) is 0 Å². The lowest BCUT2D eigenvalue weighted by Crippen LogP contribution is -2.03. The second-order valence-electron chi connectivity index (χ2n) is 13.6. The van der Waals surface area contributed by atoms with Crippen molar-refractivity contribution in [1.82, 2.24) is 4.57 Å². The Morgan fingerprint density at radius 3 is 2.15 bits per heavy atom. The largest absolute Gasteiger partial charge is 0.457 e. The van der Waals surface area contributed by atoms with Crippen LogP contribution in [0.25, 0.3) is 76.7 Å². The van der Waals surface area contributed by atoms with E-state index >= 15 is 0 Å². The predicted octanol–water partition coefficient (Wildman–Crippen LogP) is 14.1. The monoisotopic (exact) mass is 731 g/mol. The Morgan fingerprint density at radius 1 is 0.709 bits per heavy atom. The van der Waals surface area contributed by atoms with Crippen molar-refractivity contribution in [3.05, 3.63) is 186 Å². The Morgan fingerprint density at radius 2 is 1.42 bits per heavy atom. The van der Waals surface area contributed by atoms with Crippen molar-refractivity contribution in [3.63, 3.8) is 0 Å². The lowest BCUT2D eigenvalue weighted by Gasteiger charge is -2.13. The molecule has 9 aromatic rings. The van der Waals surface area contributed by atoms with Crippen LogP contribution in [0.15, 0.2) is 151 Å². The van der Waals surface area contributed by atoms with Gasteiger partial charge in [-0.1, -0.05) is 134 Å². The Hall–Kier alpha value is -6.69.